The average molecular weight is 242 g/mol. The lowest BCUT2D eigenvalue weighted by molar-refractivity contribution is 0.0956. The van der Waals surface area contributed by atoms with Crippen molar-refractivity contribution in [3.05, 3.63) is 48.2 Å². The van der Waals surface area contributed by atoms with Gasteiger partial charge in [-0.25, -0.2) is 0 Å². The quantitative estimate of drug-likeness (QED) is 0.867. The van der Waals surface area contributed by atoms with Crippen molar-refractivity contribution in [2.45, 2.75) is 6.92 Å². The largest absolute Gasteiger partial charge is 0.506 e. The Bertz CT molecular complexity index is 567. The number of hydrogen-bond acceptors (Lipinski definition) is 3. The van der Waals surface area contributed by atoms with E-state index in [1.54, 1.807) is 36.5 Å². The van der Waals surface area contributed by atoms with Crippen LogP contribution in [0.5, 0.6) is 5.75 Å². The SMILES string of the molecule is CCNC(=O)c1cccc(-c2ncccc2O)c1. The summed E-state index contributed by atoms with van der Waals surface area (Å²) in [6, 6.07) is 10.3. The highest BCUT2D eigenvalue weighted by Gasteiger charge is 2.09. The van der Waals surface area contributed by atoms with E-state index in [-0.39, 0.29) is 11.7 Å². The number of rotatable bonds is 3. The van der Waals surface area contributed by atoms with E-state index < -0.39 is 0 Å². The monoisotopic (exact) mass is 242 g/mol. The molecule has 0 bridgehead atoms. The van der Waals surface area contributed by atoms with Gasteiger partial charge in [-0.1, -0.05) is 12.1 Å². The molecule has 4 heteroatoms. The molecule has 4 nitrogen and oxygen atoms in total. The van der Waals surface area contributed by atoms with Gasteiger partial charge < -0.3 is 10.4 Å². The molecule has 1 heterocycles. The van der Waals surface area contributed by atoms with E-state index in [0.29, 0.717) is 17.8 Å². The summed E-state index contributed by atoms with van der Waals surface area (Å²) in [5.41, 5.74) is 1.75. The summed E-state index contributed by atoms with van der Waals surface area (Å²) < 4.78 is 0. The molecule has 0 spiro atoms. The third kappa shape index (κ3) is 2.48. The van der Waals surface area contributed by atoms with Crippen LogP contribution >= 0.6 is 0 Å². The highest BCUT2D eigenvalue weighted by molar-refractivity contribution is 5.95. The van der Waals surface area contributed by atoms with Crippen LogP contribution in [0.15, 0.2) is 42.6 Å². The van der Waals surface area contributed by atoms with Crippen molar-refractivity contribution in [3.63, 3.8) is 0 Å². The summed E-state index contributed by atoms with van der Waals surface area (Å²) >= 11 is 0. The van der Waals surface area contributed by atoms with Crippen molar-refractivity contribution in [2.24, 2.45) is 0 Å². The van der Waals surface area contributed by atoms with Gasteiger partial charge in [0, 0.05) is 23.9 Å². The van der Waals surface area contributed by atoms with Gasteiger partial charge >= 0.3 is 0 Å². The fourth-order valence-corrected chi connectivity index (χ4v) is 1.69. The molecular weight excluding hydrogens is 228 g/mol. The molecule has 0 atom stereocenters. The van der Waals surface area contributed by atoms with E-state index in [2.05, 4.69) is 10.3 Å². The minimum Gasteiger partial charge on any atom is -0.506 e. The molecule has 0 aliphatic rings. The Morgan fingerprint density at radius 2 is 2.17 bits per heavy atom. The van der Waals surface area contributed by atoms with Gasteiger partial charge in [-0.05, 0) is 31.2 Å². The van der Waals surface area contributed by atoms with Gasteiger partial charge in [-0.2, -0.15) is 0 Å². The van der Waals surface area contributed by atoms with Gasteiger partial charge in [0.15, 0.2) is 0 Å². The molecule has 2 aromatic rings. The summed E-state index contributed by atoms with van der Waals surface area (Å²) in [6.07, 6.45) is 1.61. The second-order valence-corrected chi connectivity index (χ2v) is 3.81. The highest BCUT2D eigenvalue weighted by Crippen LogP contribution is 2.26. The molecule has 0 saturated carbocycles. The van der Waals surface area contributed by atoms with Gasteiger partial charge in [0.25, 0.3) is 5.91 Å². The minimum atomic E-state index is -0.130. The van der Waals surface area contributed by atoms with Crippen LogP contribution in [0.2, 0.25) is 0 Å². The van der Waals surface area contributed by atoms with Crippen molar-refractivity contribution in [3.8, 4) is 17.0 Å². The minimum absolute atomic E-state index is 0.102. The van der Waals surface area contributed by atoms with Crippen LogP contribution in [0.25, 0.3) is 11.3 Å². The molecular formula is C14H14N2O2. The van der Waals surface area contributed by atoms with E-state index in [1.807, 2.05) is 13.0 Å². The van der Waals surface area contributed by atoms with Gasteiger partial charge in [0.05, 0.1) is 0 Å². The summed E-state index contributed by atoms with van der Waals surface area (Å²) in [5, 5.41) is 12.5. The highest BCUT2D eigenvalue weighted by atomic mass is 16.3. The average Bonchev–Trinajstić information content (AvgIpc) is 2.40. The number of aromatic hydroxyl groups is 1. The number of amides is 1. The van der Waals surface area contributed by atoms with Crippen LogP contribution in [-0.4, -0.2) is 22.5 Å². The molecule has 0 aliphatic carbocycles. The molecule has 2 N–H and O–H groups in total. The summed E-state index contributed by atoms with van der Waals surface area (Å²) in [5.74, 6) is -0.0275. The first-order chi connectivity index (χ1) is 8.72. The molecule has 2 rings (SSSR count). The van der Waals surface area contributed by atoms with Crippen molar-refractivity contribution in [1.82, 2.24) is 10.3 Å². The molecule has 18 heavy (non-hydrogen) atoms. The van der Waals surface area contributed by atoms with Gasteiger partial charge in [-0.3, -0.25) is 9.78 Å². The van der Waals surface area contributed by atoms with E-state index in [0.717, 1.165) is 5.56 Å². The third-order valence-corrected chi connectivity index (χ3v) is 2.52. The van der Waals surface area contributed by atoms with E-state index in [9.17, 15) is 9.90 Å². The zero-order valence-electron chi connectivity index (χ0n) is 10.1. The van der Waals surface area contributed by atoms with Crippen molar-refractivity contribution < 1.29 is 9.90 Å². The Morgan fingerprint density at radius 1 is 1.33 bits per heavy atom. The van der Waals surface area contributed by atoms with Crippen LogP contribution < -0.4 is 5.32 Å². The Hall–Kier alpha value is -2.36. The second kappa shape index (κ2) is 5.31. The number of hydrogen-bond donors (Lipinski definition) is 2. The molecule has 1 aromatic carbocycles. The zero-order chi connectivity index (χ0) is 13.0. The zero-order valence-corrected chi connectivity index (χ0v) is 10.1. The Balaban J connectivity index is 2.39. The van der Waals surface area contributed by atoms with Crippen LogP contribution in [0, 0.1) is 0 Å². The number of pyridine rings is 1. The number of carbonyl (C=O) groups is 1. The molecule has 1 aromatic heterocycles. The lowest BCUT2D eigenvalue weighted by atomic mass is 10.1. The number of nitrogens with one attached hydrogen (secondary N) is 1. The third-order valence-electron chi connectivity index (χ3n) is 2.52. The first kappa shape index (κ1) is 12.1. The smallest absolute Gasteiger partial charge is 0.251 e. The van der Waals surface area contributed by atoms with E-state index in [4.69, 9.17) is 0 Å². The molecule has 0 radical (unpaired) electrons. The maximum absolute atomic E-state index is 11.7. The Morgan fingerprint density at radius 3 is 2.89 bits per heavy atom. The van der Waals surface area contributed by atoms with E-state index >= 15 is 0 Å². The fourth-order valence-electron chi connectivity index (χ4n) is 1.69. The molecule has 92 valence electrons. The first-order valence-electron chi connectivity index (χ1n) is 5.75. The number of aromatic nitrogens is 1. The first-order valence-corrected chi connectivity index (χ1v) is 5.75. The topological polar surface area (TPSA) is 62.2 Å². The molecule has 0 saturated heterocycles. The summed E-state index contributed by atoms with van der Waals surface area (Å²) in [6.45, 7) is 2.45. The lowest BCUT2D eigenvalue weighted by Crippen LogP contribution is -2.22. The van der Waals surface area contributed by atoms with Crippen LogP contribution in [0.4, 0.5) is 0 Å². The lowest BCUT2D eigenvalue weighted by Gasteiger charge is -2.06. The Kier molecular flexibility index (Phi) is 3.57. The maximum Gasteiger partial charge on any atom is 0.251 e. The van der Waals surface area contributed by atoms with Crippen LogP contribution in [-0.2, 0) is 0 Å². The number of carbonyl (C=O) groups excluding carboxylic acids is 1. The standard InChI is InChI=1S/C14H14N2O2/c1-2-15-14(18)11-6-3-5-10(9-11)13-12(17)7-4-8-16-13/h3-9,17H,2H2,1H3,(H,15,18). The molecule has 0 unspecified atom stereocenters. The molecule has 0 aliphatic heterocycles. The predicted molar refractivity (Wildman–Crippen MR) is 69.3 cm³/mol. The maximum atomic E-state index is 11.7. The van der Waals surface area contributed by atoms with E-state index in [1.165, 1.54) is 0 Å². The van der Waals surface area contributed by atoms with Crippen LogP contribution in [0.1, 0.15) is 17.3 Å². The molecule has 0 fully saturated rings. The van der Waals surface area contributed by atoms with Gasteiger partial charge in [0.1, 0.15) is 11.4 Å². The second-order valence-electron chi connectivity index (χ2n) is 3.81. The van der Waals surface area contributed by atoms with Crippen molar-refractivity contribution in [1.29, 1.82) is 0 Å². The summed E-state index contributed by atoms with van der Waals surface area (Å²) in [7, 11) is 0. The van der Waals surface area contributed by atoms with Crippen LogP contribution in [0.3, 0.4) is 0 Å². The molecule has 1 amide bonds. The Labute approximate surface area is 105 Å². The van der Waals surface area contributed by atoms with Gasteiger partial charge in [0.2, 0.25) is 0 Å². The summed E-state index contributed by atoms with van der Waals surface area (Å²) in [4.78, 5) is 15.8. The fraction of sp³-hybridized carbons (Fsp3) is 0.143. The normalized spacial score (nSPS) is 10.1. The van der Waals surface area contributed by atoms with Crippen molar-refractivity contribution >= 4 is 5.91 Å². The predicted octanol–water partition coefficient (Wildman–Crippen LogP) is 2.20. The number of benzene rings is 1. The number of nitrogens with zero attached hydrogens (tertiary/aromatic N) is 1. The van der Waals surface area contributed by atoms with Crippen molar-refractivity contribution in [2.75, 3.05) is 6.54 Å². The van der Waals surface area contributed by atoms with Gasteiger partial charge in [-0.15, -0.1) is 0 Å².